The van der Waals surface area contributed by atoms with E-state index in [1.807, 2.05) is 6.07 Å². The van der Waals surface area contributed by atoms with Crippen LogP contribution in [0.2, 0.25) is 0 Å². The van der Waals surface area contributed by atoms with Gasteiger partial charge < -0.3 is 5.11 Å². The van der Waals surface area contributed by atoms with Crippen molar-refractivity contribution in [1.29, 1.82) is 0 Å². The monoisotopic (exact) mass is 381 g/mol. The molecule has 0 aromatic heterocycles. The zero-order valence-corrected chi connectivity index (χ0v) is 16.6. The van der Waals surface area contributed by atoms with Gasteiger partial charge in [-0.25, -0.2) is 4.39 Å². The number of carbonyl (C=O) groups excluding carboxylic acids is 1. The number of rotatable bonds is 5. The van der Waals surface area contributed by atoms with Gasteiger partial charge in [0.1, 0.15) is 11.6 Å². The Morgan fingerprint density at radius 3 is 2.75 bits per heavy atom. The number of aromatic hydroxyl groups is 1. The number of benzene rings is 2. The van der Waals surface area contributed by atoms with E-state index in [0.717, 1.165) is 32.4 Å². The van der Waals surface area contributed by atoms with E-state index >= 15 is 0 Å². The summed E-state index contributed by atoms with van der Waals surface area (Å²) >= 11 is 0. The molecule has 0 radical (unpaired) electrons. The third kappa shape index (κ3) is 3.35. The lowest BCUT2D eigenvalue weighted by atomic mass is 9.59. The van der Waals surface area contributed by atoms with Crippen molar-refractivity contribution in [3.8, 4) is 5.75 Å². The fraction of sp³-hybridized carbons (Fsp3) is 0.458. The minimum Gasteiger partial charge on any atom is -0.508 e. The van der Waals surface area contributed by atoms with E-state index in [0.29, 0.717) is 29.7 Å². The lowest BCUT2D eigenvalue weighted by Gasteiger charge is -2.54. The molecule has 2 bridgehead atoms. The van der Waals surface area contributed by atoms with Crippen LogP contribution < -0.4 is 0 Å². The molecule has 0 amide bonds. The molecule has 28 heavy (non-hydrogen) atoms. The number of phenols is 1. The first-order chi connectivity index (χ1) is 13.4. The van der Waals surface area contributed by atoms with Gasteiger partial charge in [0, 0.05) is 18.0 Å². The van der Waals surface area contributed by atoms with Gasteiger partial charge in [0.15, 0.2) is 5.78 Å². The molecule has 2 aromatic carbocycles. The SMILES string of the molecule is CC1C2Cc3ccc(O)cc3C1(C)CCN2CCCC(=O)c1ccc(F)cc1. The van der Waals surface area contributed by atoms with Gasteiger partial charge in [-0.2, -0.15) is 0 Å². The molecule has 1 aliphatic carbocycles. The molecule has 2 aliphatic rings. The van der Waals surface area contributed by atoms with E-state index in [-0.39, 0.29) is 17.0 Å². The largest absolute Gasteiger partial charge is 0.508 e. The molecule has 2 aromatic rings. The van der Waals surface area contributed by atoms with E-state index in [4.69, 9.17) is 0 Å². The summed E-state index contributed by atoms with van der Waals surface area (Å²) in [5.74, 6) is 0.628. The van der Waals surface area contributed by atoms with Crippen molar-refractivity contribution < 1.29 is 14.3 Å². The average Bonchev–Trinajstić information content (AvgIpc) is 2.67. The number of ketones is 1. The molecule has 3 atom stereocenters. The second kappa shape index (κ2) is 7.32. The van der Waals surface area contributed by atoms with Crippen LogP contribution in [0.3, 0.4) is 0 Å². The molecule has 1 N–H and O–H groups in total. The van der Waals surface area contributed by atoms with Crippen LogP contribution in [0.15, 0.2) is 42.5 Å². The van der Waals surface area contributed by atoms with Gasteiger partial charge in [0.2, 0.25) is 0 Å². The molecular formula is C24H28FNO2. The predicted molar refractivity (Wildman–Crippen MR) is 108 cm³/mol. The maximum atomic E-state index is 13.0. The number of phenolic OH excluding ortho intramolecular Hbond substituents is 1. The first kappa shape index (κ1) is 19.1. The summed E-state index contributed by atoms with van der Waals surface area (Å²) in [4.78, 5) is 14.9. The number of carbonyl (C=O) groups is 1. The summed E-state index contributed by atoms with van der Waals surface area (Å²) < 4.78 is 13.0. The summed E-state index contributed by atoms with van der Waals surface area (Å²) in [5.41, 5.74) is 3.34. The van der Waals surface area contributed by atoms with Crippen LogP contribution in [-0.4, -0.2) is 34.9 Å². The van der Waals surface area contributed by atoms with Gasteiger partial charge in [-0.05, 0) is 91.2 Å². The second-order valence-electron chi connectivity index (χ2n) is 8.64. The zero-order chi connectivity index (χ0) is 19.9. The highest BCUT2D eigenvalue weighted by Gasteiger charge is 2.48. The Bertz CT molecular complexity index is 879. The van der Waals surface area contributed by atoms with Crippen LogP contribution in [0, 0.1) is 11.7 Å². The molecule has 1 heterocycles. The van der Waals surface area contributed by atoms with Crippen LogP contribution in [-0.2, 0) is 11.8 Å². The quantitative estimate of drug-likeness (QED) is 0.762. The number of piperidine rings is 1. The number of Topliss-reactive ketones (excluding diaryl/α,β-unsaturated/α-hetero) is 1. The number of halogens is 1. The Labute approximate surface area is 166 Å². The molecule has 0 saturated carbocycles. The summed E-state index contributed by atoms with van der Waals surface area (Å²) in [7, 11) is 0. The maximum absolute atomic E-state index is 13.0. The first-order valence-electron chi connectivity index (χ1n) is 10.2. The minimum atomic E-state index is -0.312. The lowest BCUT2D eigenvalue weighted by Crippen LogP contribution is -2.58. The Morgan fingerprint density at radius 1 is 1.25 bits per heavy atom. The molecule has 3 unspecified atom stereocenters. The molecular weight excluding hydrogens is 353 g/mol. The number of likely N-dealkylation sites (tertiary alicyclic amines) is 1. The summed E-state index contributed by atoms with van der Waals surface area (Å²) in [6, 6.07) is 12.1. The summed E-state index contributed by atoms with van der Waals surface area (Å²) in [6.45, 7) is 6.59. The molecule has 1 saturated heterocycles. The summed E-state index contributed by atoms with van der Waals surface area (Å²) in [5, 5.41) is 9.95. The minimum absolute atomic E-state index is 0.0827. The Kier molecular flexibility index (Phi) is 5.00. The normalized spacial score (nSPS) is 26.7. The summed E-state index contributed by atoms with van der Waals surface area (Å²) in [6.07, 6.45) is 3.37. The van der Waals surface area contributed by atoms with Gasteiger partial charge in [-0.1, -0.05) is 19.9 Å². The third-order valence-electron chi connectivity index (χ3n) is 7.12. The fourth-order valence-corrected chi connectivity index (χ4v) is 5.20. The van der Waals surface area contributed by atoms with Crippen LogP contribution in [0.1, 0.15) is 54.6 Å². The van der Waals surface area contributed by atoms with E-state index in [1.54, 1.807) is 18.2 Å². The Hall–Kier alpha value is -2.20. The third-order valence-corrected chi connectivity index (χ3v) is 7.12. The van der Waals surface area contributed by atoms with Crippen molar-refractivity contribution in [2.75, 3.05) is 13.1 Å². The van der Waals surface area contributed by atoms with Crippen molar-refractivity contribution in [2.24, 2.45) is 5.92 Å². The smallest absolute Gasteiger partial charge is 0.162 e. The van der Waals surface area contributed by atoms with Gasteiger partial charge in [0.05, 0.1) is 0 Å². The van der Waals surface area contributed by atoms with Crippen molar-refractivity contribution in [3.05, 3.63) is 65.0 Å². The highest BCUT2D eigenvalue weighted by molar-refractivity contribution is 5.95. The van der Waals surface area contributed by atoms with Gasteiger partial charge in [-0.3, -0.25) is 9.69 Å². The van der Waals surface area contributed by atoms with E-state index < -0.39 is 0 Å². The number of hydrogen-bond donors (Lipinski definition) is 1. The van der Waals surface area contributed by atoms with E-state index in [2.05, 4.69) is 24.8 Å². The molecule has 0 spiro atoms. The number of nitrogens with zero attached hydrogens (tertiary/aromatic N) is 1. The van der Waals surface area contributed by atoms with Gasteiger partial charge >= 0.3 is 0 Å². The molecule has 3 nitrogen and oxygen atoms in total. The highest BCUT2D eigenvalue weighted by atomic mass is 19.1. The molecule has 148 valence electrons. The van der Waals surface area contributed by atoms with E-state index in [1.165, 1.54) is 23.3 Å². The van der Waals surface area contributed by atoms with Gasteiger partial charge in [-0.15, -0.1) is 0 Å². The van der Waals surface area contributed by atoms with Crippen LogP contribution >= 0.6 is 0 Å². The Balaban J connectivity index is 1.42. The molecule has 4 heteroatoms. The van der Waals surface area contributed by atoms with Crippen molar-refractivity contribution in [1.82, 2.24) is 4.90 Å². The van der Waals surface area contributed by atoms with Crippen molar-refractivity contribution in [2.45, 2.75) is 51.0 Å². The van der Waals surface area contributed by atoms with Gasteiger partial charge in [0.25, 0.3) is 0 Å². The van der Waals surface area contributed by atoms with Crippen LogP contribution in [0.4, 0.5) is 4.39 Å². The van der Waals surface area contributed by atoms with E-state index in [9.17, 15) is 14.3 Å². The second-order valence-corrected chi connectivity index (χ2v) is 8.64. The predicted octanol–water partition coefficient (Wildman–Crippen LogP) is 4.72. The topological polar surface area (TPSA) is 40.5 Å². The van der Waals surface area contributed by atoms with Crippen LogP contribution in [0.5, 0.6) is 5.75 Å². The number of hydrogen-bond acceptors (Lipinski definition) is 3. The lowest BCUT2D eigenvalue weighted by molar-refractivity contribution is 0.0303. The van der Waals surface area contributed by atoms with Crippen LogP contribution in [0.25, 0.3) is 0 Å². The zero-order valence-electron chi connectivity index (χ0n) is 16.6. The maximum Gasteiger partial charge on any atom is 0.162 e. The Morgan fingerprint density at radius 2 is 2.00 bits per heavy atom. The van der Waals surface area contributed by atoms with Crippen molar-refractivity contribution >= 4 is 5.78 Å². The van der Waals surface area contributed by atoms with Crippen molar-refractivity contribution in [3.63, 3.8) is 0 Å². The molecule has 1 fully saturated rings. The highest BCUT2D eigenvalue weighted by Crippen LogP contribution is 2.49. The fourth-order valence-electron chi connectivity index (χ4n) is 5.20. The average molecular weight is 381 g/mol. The number of fused-ring (bicyclic) bond motifs is 4. The molecule has 4 rings (SSSR count). The molecule has 1 aliphatic heterocycles. The first-order valence-corrected chi connectivity index (χ1v) is 10.2. The standard InChI is InChI=1S/C24H28FNO2/c1-16-22-14-18-7-10-20(27)15-21(18)24(16,2)11-13-26(22)12-3-4-23(28)17-5-8-19(25)9-6-17/h5-10,15-16,22,27H,3-4,11-14H2,1-2H3.